The van der Waals surface area contributed by atoms with Gasteiger partial charge in [0.05, 0.1) is 5.69 Å². The molecule has 0 aliphatic carbocycles. The molecule has 0 aromatic carbocycles. The number of ether oxygens (including phenoxy) is 1. The maximum atomic E-state index is 5.39. The molecule has 0 radical (unpaired) electrons. The third kappa shape index (κ3) is 1.77. The Balaban J connectivity index is 1.72. The van der Waals surface area contributed by atoms with E-state index in [2.05, 4.69) is 16.0 Å². The summed E-state index contributed by atoms with van der Waals surface area (Å²) in [6, 6.07) is 4.93. The number of rotatable bonds is 1. The van der Waals surface area contributed by atoms with Gasteiger partial charge >= 0.3 is 0 Å². The molecular weight excluding hydrogens is 188 g/mol. The van der Waals surface area contributed by atoms with E-state index in [0.717, 1.165) is 26.3 Å². The van der Waals surface area contributed by atoms with Gasteiger partial charge in [0.2, 0.25) is 0 Å². The summed E-state index contributed by atoms with van der Waals surface area (Å²) in [5, 5.41) is 0. The molecule has 2 aliphatic heterocycles. The third-order valence-electron chi connectivity index (χ3n) is 3.42. The second kappa shape index (κ2) is 3.91. The molecule has 3 heterocycles. The zero-order chi connectivity index (χ0) is 10.1. The van der Waals surface area contributed by atoms with Crippen LogP contribution >= 0.6 is 0 Å². The predicted molar refractivity (Wildman–Crippen MR) is 57.3 cm³/mol. The highest BCUT2D eigenvalue weighted by molar-refractivity contribution is 5.23. The van der Waals surface area contributed by atoms with Gasteiger partial charge in [-0.1, -0.05) is 6.07 Å². The van der Waals surface area contributed by atoms with Crippen molar-refractivity contribution in [2.75, 3.05) is 13.2 Å². The summed E-state index contributed by atoms with van der Waals surface area (Å²) in [4.78, 5) is 6.97. The van der Waals surface area contributed by atoms with Gasteiger partial charge in [0.25, 0.3) is 0 Å². The van der Waals surface area contributed by atoms with Crippen molar-refractivity contribution >= 4 is 0 Å². The second-order valence-electron chi connectivity index (χ2n) is 4.36. The Labute approximate surface area is 90.1 Å². The van der Waals surface area contributed by atoms with E-state index in [0.29, 0.717) is 6.04 Å². The number of hydrogen-bond donors (Lipinski definition) is 0. The number of aromatic nitrogens is 1. The first kappa shape index (κ1) is 9.31. The average molecular weight is 204 g/mol. The molecule has 0 unspecified atom stereocenters. The van der Waals surface area contributed by atoms with Gasteiger partial charge in [-0.15, -0.1) is 0 Å². The van der Waals surface area contributed by atoms with Gasteiger partial charge in [-0.2, -0.15) is 0 Å². The summed E-state index contributed by atoms with van der Waals surface area (Å²) < 4.78 is 5.39. The Morgan fingerprint density at radius 2 is 2.13 bits per heavy atom. The molecule has 3 heteroatoms. The molecule has 0 atom stereocenters. The highest BCUT2D eigenvalue weighted by Gasteiger charge is 2.27. The van der Waals surface area contributed by atoms with Crippen molar-refractivity contribution in [3.8, 4) is 0 Å². The number of nitrogens with zero attached hydrogens (tertiary/aromatic N) is 2. The smallest absolute Gasteiger partial charge is 0.0589 e. The van der Waals surface area contributed by atoms with Crippen LogP contribution in [0.15, 0.2) is 18.3 Å². The van der Waals surface area contributed by atoms with Gasteiger partial charge in [-0.25, -0.2) is 0 Å². The number of fused-ring (bicyclic) bond motifs is 1. The fourth-order valence-corrected chi connectivity index (χ4v) is 2.53. The van der Waals surface area contributed by atoms with Crippen molar-refractivity contribution in [3.63, 3.8) is 0 Å². The zero-order valence-electron chi connectivity index (χ0n) is 8.85. The van der Waals surface area contributed by atoms with Crippen LogP contribution < -0.4 is 0 Å². The lowest BCUT2D eigenvalue weighted by molar-refractivity contribution is 0.0324. The molecule has 1 aromatic rings. The minimum atomic E-state index is 0.702. The largest absolute Gasteiger partial charge is 0.381 e. The van der Waals surface area contributed by atoms with E-state index in [1.165, 1.54) is 24.1 Å². The Bertz CT molecular complexity index is 322. The van der Waals surface area contributed by atoms with Gasteiger partial charge in [-0.3, -0.25) is 9.88 Å². The summed E-state index contributed by atoms with van der Waals surface area (Å²) in [6.45, 7) is 3.95. The Morgan fingerprint density at radius 3 is 2.93 bits per heavy atom. The SMILES string of the molecule is c1cnc2c(c1)CN(C1CCOCC1)C2. The predicted octanol–water partition coefficient (Wildman–Crippen LogP) is 1.58. The highest BCUT2D eigenvalue weighted by atomic mass is 16.5. The molecule has 0 spiro atoms. The van der Waals surface area contributed by atoms with Crippen molar-refractivity contribution in [1.82, 2.24) is 9.88 Å². The van der Waals surface area contributed by atoms with Crippen LogP contribution in [0.1, 0.15) is 24.1 Å². The molecule has 1 fully saturated rings. The monoisotopic (exact) mass is 204 g/mol. The zero-order valence-corrected chi connectivity index (χ0v) is 8.85. The first-order valence-electron chi connectivity index (χ1n) is 5.68. The molecule has 3 rings (SSSR count). The summed E-state index contributed by atoms with van der Waals surface area (Å²) in [6.07, 6.45) is 4.24. The van der Waals surface area contributed by atoms with E-state index >= 15 is 0 Å². The summed E-state index contributed by atoms with van der Waals surface area (Å²) in [5.41, 5.74) is 2.67. The molecule has 0 bridgehead atoms. The van der Waals surface area contributed by atoms with Gasteiger partial charge in [0, 0.05) is 38.5 Å². The van der Waals surface area contributed by atoms with E-state index in [1.54, 1.807) is 0 Å². The van der Waals surface area contributed by atoms with Gasteiger partial charge in [0.1, 0.15) is 0 Å². The van der Waals surface area contributed by atoms with Crippen molar-refractivity contribution in [2.24, 2.45) is 0 Å². The first-order chi connectivity index (χ1) is 7.43. The van der Waals surface area contributed by atoms with E-state index in [1.807, 2.05) is 12.3 Å². The van der Waals surface area contributed by atoms with Crippen LogP contribution in [0.3, 0.4) is 0 Å². The van der Waals surface area contributed by atoms with E-state index < -0.39 is 0 Å². The lowest BCUT2D eigenvalue weighted by atomic mass is 10.1. The van der Waals surface area contributed by atoms with Crippen LogP contribution in [0.4, 0.5) is 0 Å². The van der Waals surface area contributed by atoms with Crippen LogP contribution in [-0.2, 0) is 17.8 Å². The molecule has 2 aliphatic rings. The second-order valence-corrected chi connectivity index (χ2v) is 4.36. The summed E-state index contributed by atoms with van der Waals surface area (Å²) >= 11 is 0. The van der Waals surface area contributed by atoms with E-state index in [-0.39, 0.29) is 0 Å². The summed E-state index contributed by atoms with van der Waals surface area (Å²) in [5.74, 6) is 0. The maximum Gasteiger partial charge on any atom is 0.0589 e. The fraction of sp³-hybridized carbons (Fsp3) is 0.583. The van der Waals surface area contributed by atoms with Crippen molar-refractivity contribution in [2.45, 2.75) is 32.0 Å². The normalized spacial score (nSPS) is 22.9. The van der Waals surface area contributed by atoms with Gasteiger partial charge in [0.15, 0.2) is 0 Å². The van der Waals surface area contributed by atoms with E-state index in [9.17, 15) is 0 Å². The Hall–Kier alpha value is -0.930. The standard InChI is InChI=1S/C12H16N2O/c1-2-10-8-14(9-12(10)13-5-1)11-3-6-15-7-4-11/h1-2,5,11H,3-4,6-9H2. The lowest BCUT2D eigenvalue weighted by Crippen LogP contribution is -2.35. The molecule has 3 nitrogen and oxygen atoms in total. The van der Waals surface area contributed by atoms with Crippen LogP contribution in [-0.4, -0.2) is 29.1 Å². The summed E-state index contributed by atoms with van der Waals surface area (Å²) in [7, 11) is 0. The minimum absolute atomic E-state index is 0.702. The molecule has 15 heavy (non-hydrogen) atoms. The maximum absolute atomic E-state index is 5.39. The third-order valence-corrected chi connectivity index (χ3v) is 3.42. The number of pyridine rings is 1. The Kier molecular flexibility index (Phi) is 2.43. The van der Waals surface area contributed by atoms with Crippen LogP contribution in [0.5, 0.6) is 0 Å². The van der Waals surface area contributed by atoms with Gasteiger partial charge < -0.3 is 4.74 Å². The molecule has 1 saturated heterocycles. The molecule has 0 amide bonds. The first-order valence-corrected chi connectivity index (χ1v) is 5.68. The lowest BCUT2D eigenvalue weighted by Gasteiger charge is -2.30. The van der Waals surface area contributed by atoms with Crippen molar-refractivity contribution in [1.29, 1.82) is 0 Å². The fourth-order valence-electron chi connectivity index (χ4n) is 2.53. The van der Waals surface area contributed by atoms with Crippen LogP contribution in [0.2, 0.25) is 0 Å². The van der Waals surface area contributed by atoms with E-state index in [4.69, 9.17) is 4.74 Å². The highest BCUT2D eigenvalue weighted by Crippen LogP contribution is 2.26. The average Bonchev–Trinajstić information content (AvgIpc) is 2.74. The molecule has 80 valence electrons. The van der Waals surface area contributed by atoms with Crippen molar-refractivity contribution < 1.29 is 4.74 Å². The van der Waals surface area contributed by atoms with Crippen molar-refractivity contribution in [3.05, 3.63) is 29.6 Å². The quantitative estimate of drug-likeness (QED) is 0.694. The molecule has 0 N–H and O–H groups in total. The van der Waals surface area contributed by atoms with Crippen LogP contribution in [0, 0.1) is 0 Å². The Morgan fingerprint density at radius 1 is 1.27 bits per heavy atom. The molecule has 0 saturated carbocycles. The molecular formula is C12H16N2O. The molecule has 1 aromatic heterocycles. The van der Waals surface area contributed by atoms with Crippen LogP contribution in [0.25, 0.3) is 0 Å². The van der Waals surface area contributed by atoms with Gasteiger partial charge in [-0.05, 0) is 24.5 Å². The number of hydrogen-bond acceptors (Lipinski definition) is 3. The topological polar surface area (TPSA) is 25.4 Å². The minimum Gasteiger partial charge on any atom is -0.381 e.